The quantitative estimate of drug-likeness (QED) is 0.725. The van der Waals surface area contributed by atoms with Gasteiger partial charge in [0, 0.05) is 12.4 Å². The van der Waals surface area contributed by atoms with E-state index in [1.165, 1.54) is 0 Å². The predicted octanol–water partition coefficient (Wildman–Crippen LogP) is 1.43. The summed E-state index contributed by atoms with van der Waals surface area (Å²) >= 11 is 0. The number of carboxylic acids is 1. The van der Waals surface area contributed by atoms with Crippen LogP contribution in [0.3, 0.4) is 0 Å². The van der Waals surface area contributed by atoms with Crippen molar-refractivity contribution in [1.82, 2.24) is 9.38 Å². The molecule has 70 valence electrons. The van der Waals surface area contributed by atoms with E-state index < -0.39 is 5.97 Å². The highest BCUT2D eigenvalue weighted by atomic mass is 16.4. The number of carboxylic acid groups (broad SMARTS) is 1. The van der Waals surface area contributed by atoms with Gasteiger partial charge >= 0.3 is 5.97 Å². The molecule has 0 atom stereocenters. The lowest BCUT2D eigenvalue weighted by atomic mass is 10.2. The second-order valence-corrected chi connectivity index (χ2v) is 2.88. The van der Waals surface area contributed by atoms with E-state index in [9.17, 15) is 4.79 Å². The molecule has 4 nitrogen and oxygen atoms in total. The fraction of sp³-hybridized carbons (Fsp3) is 0. The van der Waals surface area contributed by atoms with Crippen molar-refractivity contribution in [3.63, 3.8) is 0 Å². The molecule has 2 aromatic rings. The molecule has 4 heteroatoms. The van der Waals surface area contributed by atoms with Gasteiger partial charge in [0.1, 0.15) is 5.65 Å². The zero-order valence-electron chi connectivity index (χ0n) is 7.34. The van der Waals surface area contributed by atoms with Crippen LogP contribution in [-0.2, 0) is 4.79 Å². The van der Waals surface area contributed by atoms with E-state index in [1.54, 1.807) is 22.9 Å². The first-order valence-electron chi connectivity index (χ1n) is 4.05. The van der Waals surface area contributed by atoms with Gasteiger partial charge in [-0.05, 0) is 12.1 Å². The Labute approximate surface area is 80.1 Å². The zero-order chi connectivity index (χ0) is 10.1. The third-order valence-electron chi connectivity index (χ3n) is 1.93. The van der Waals surface area contributed by atoms with Gasteiger partial charge in [-0.3, -0.25) is 0 Å². The maximum Gasteiger partial charge on any atom is 0.337 e. The average Bonchev–Trinajstić information content (AvgIpc) is 2.59. The van der Waals surface area contributed by atoms with E-state index in [1.807, 2.05) is 12.1 Å². The summed E-state index contributed by atoms with van der Waals surface area (Å²) < 4.78 is 1.75. The van der Waals surface area contributed by atoms with E-state index in [-0.39, 0.29) is 5.57 Å². The monoisotopic (exact) mass is 188 g/mol. The van der Waals surface area contributed by atoms with Crippen molar-refractivity contribution >= 4 is 17.2 Å². The largest absolute Gasteiger partial charge is 0.478 e. The van der Waals surface area contributed by atoms with Crippen molar-refractivity contribution in [2.75, 3.05) is 0 Å². The van der Waals surface area contributed by atoms with Crippen molar-refractivity contribution in [1.29, 1.82) is 0 Å². The highest BCUT2D eigenvalue weighted by Crippen LogP contribution is 2.12. The van der Waals surface area contributed by atoms with Gasteiger partial charge < -0.3 is 9.51 Å². The van der Waals surface area contributed by atoms with Gasteiger partial charge in [0.2, 0.25) is 0 Å². The van der Waals surface area contributed by atoms with Gasteiger partial charge in [-0.1, -0.05) is 12.6 Å². The summed E-state index contributed by atoms with van der Waals surface area (Å²) in [5.74, 6) is -1.05. The van der Waals surface area contributed by atoms with Crippen LogP contribution in [0.15, 0.2) is 37.2 Å². The van der Waals surface area contributed by atoms with Crippen molar-refractivity contribution < 1.29 is 9.90 Å². The summed E-state index contributed by atoms with van der Waals surface area (Å²) in [5.41, 5.74) is 1.11. The van der Waals surface area contributed by atoms with Gasteiger partial charge in [-0.25, -0.2) is 9.78 Å². The van der Waals surface area contributed by atoms with E-state index in [4.69, 9.17) is 5.11 Å². The molecule has 0 aliphatic heterocycles. The van der Waals surface area contributed by atoms with E-state index in [0.29, 0.717) is 11.3 Å². The summed E-state index contributed by atoms with van der Waals surface area (Å²) in [6.07, 6.45) is 3.45. The SMILES string of the molecule is C=C(C(=O)O)c1cn2ccccc2n1. The molecule has 0 aliphatic rings. The van der Waals surface area contributed by atoms with E-state index in [0.717, 1.165) is 0 Å². The predicted molar refractivity (Wildman–Crippen MR) is 51.9 cm³/mol. The molecular weight excluding hydrogens is 180 g/mol. The molecule has 0 saturated carbocycles. The number of hydrogen-bond acceptors (Lipinski definition) is 2. The topological polar surface area (TPSA) is 54.6 Å². The van der Waals surface area contributed by atoms with Crippen LogP contribution in [0.5, 0.6) is 0 Å². The number of carbonyl (C=O) groups is 1. The minimum absolute atomic E-state index is 0.00806. The first kappa shape index (κ1) is 8.50. The maximum atomic E-state index is 10.6. The van der Waals surface area contributed by atoms with Gasteiger partial charge in [-0.2, -0.15) is 0 Å². The summed E-state index contributed by atoms with van der Waals surface area (Å²) in [6, 6.07) is 5.50. The Kier molecular flexibility index (Phi) is 1.81. The van der Waals surface area contributed by atoms with Gasteiger partial charge in [-0.15, -0.1) is 0 Å². The maximum absolute atomic E-state index is 10.6. The number of pyridine rings is 1. The van der Waals surface area contributed by atoms with Crippen LogP contribution in [-0.4, -0.2) is 20.5 Å². The van der Waals surface area contributed by atoms with Crippen LogP contribution in [0.1, 0.15) is 5.69 Å². The smallest absolute Gasteiger partial charge is 0.337 e. The molecule has 0 unspecified atom stereocenters. The Morgan fingerprint density at radius 2 is 2.29 bits per heavy atom. The standard InChI is InChI=1S/C10H8N2O2/c1-7(10(13)14)8-6-12-5-3-2-4-9(12)11-8/h2-6H,1H2,(H,13,14). The van der Waals surface area contributed by atoms with Crippen LogP contribution in [0.2, 0.25) is 0 Å². The van der Waals surface area contributed by atoms with Gasteiger partial charge in [0.25, 0.3) is 0 Å². The Morgan fingerprint density at radius 1 is 1.50 bits per heavy atom. The fourth-order valence-corrected chi connectivity index (χ4v) is 1.19. The second kappa shape index (κ2) is 2.99. The number of aromatic nitrogens is 2. The number of imidazole rings is 1. The molecule has 0 fully saturated rings. The molecule has 0 bridgehead atoms. The molecule has 0 saturated heterocycles. The van der Waals surface area contributed by atoms with Gasteiger partial charge in [0.05, 0.1) is 11.3 Å². The minimum Gasteiger partial charge on any atom is -0.478 e. The molecular formula is C10H8N2O2. The summed E-state index contributed by atoms with van der Waals surface area (Å²) in [5, 5.41) is 8.71. The Morgan fingerprint density at radius 3 is 2.93 bits per heavy atom. The Hall–Kier alpha value is -2.10. The number of aliphatic carboxylic acids is 1. The van der Waals surface area contributed by atoms with Crippen molar-refractivity contribution in [2.24, 2.45) is 0 Å². The van der Waals surface area contributed by atoms with Crippen molar-refractivity contribution in [3.8, 4) is 0 Å². The lowest BCUT2D eigenvalue weighted by Crippen LogP contribution is -1.97. The van der Waals surface area contributed by atoms with E-state index >= 15 is 0 Å². The molecule has 2 rings (SSSR count). The molecule has 1 N–H and O–H groups in total. The summed E-state index contributed by atoms with van der Waals surface area (Å²) in [4.78, 5) is 14.7. The highest BCUT2D eigenvalue weighted by Gasteiger charge is 2.10. The summed E-state index contributed by atoms with van der Waals surface area (Å²) in [6.45, 7) is 3.44. The molecule has 0 aromatic carbocycles. The Balaban J connectivity index is 2.55. The number of nitrogens with zero attached hydrogens (tertiary/aromatic N) is 2. The molecule has 0 aliphatic carbocycles. The normalized spacial score (nSPS) is 10.3. The molecule has 2 heterocycles. The first-order chi connectivity index (χ1) is 6.68. The molecule has 0 spiro atoms. The minimum atomic E-state index is -1.05. The highest BCUT2D eigenvalue weighted by molar-refractivity contribution is 6.13. The van der Waals surface area contributed by atoms with Crippen molar-refractivity contribution in [3.05, 3.63) is 42.9 Å². The number of hydrogen-bond donors (Lipinski definition) is 1. The van der Waals surface area contributed by atoms with Crippen LogP contribution >= 0.6 is 0 Å². The molecule has 0 amide bonds. The first-order valence-corrected chi connectivity index (χ1v) is 4.05. The zero-order valence-corrected chi connectivity index (χ0v) is 7.34. The van der Waals surface area contributed by atoms with E-state index in [2.05, 4.69) is 11.6 Å². The van der Waals surface area contributed by atoms with Crippen LogP contribution in [0.25, 0.3) is 11.2 Å². The number of rotatable bonds is 2. The lowest BCUT2D eigenvalue weighted by molar-refractivity contribution is -0.130. The van der Waals surface area contributed by atoms with Crippen molar-refractivity contribution in [2.45, 2.75) is 0 Å². The molecule has 14 heavy (non-hydrogen) atoms. The molecule has 2 aromatic heterocycles. The lowest BCUT2D eigenvalue weighted by Gasteiger charge is -1.90. The summed E-state index contributed by atoms with van der Waals surface area (Å²) in [7, 11) is 0. The third kappa shape index (κ3) is 1.26. The fourth-order valence-electron chi connectivity index (χ4n) is 1.19. The van der Waals surface area contributed by atoms with Crippen LogP contribution < -0.4 is 0 Å². The second-order valence-electron chi connectivity index (χ2n) is 2.88. The van der Waals surface area contributed by atoms with Crippen LogP contribution in [0, 0.1) is 0 Å². The Bertz CT molecular complexity index is 481. The molecule has 0 radical (unpaired) electrons. The number of fused-ring (bicyclic) bond motifs is 1. The van der Waals surface area contributed by atoms with Gasteiger partial charge in [0.15, 0.2) is 0 Å². The average molecular weight is 188 g/mol. The third-order valence-corrected chi connectivity index (χ3v) is 1.93. The van der Waals surface area contributed by atoms with Crippen LogP contribution in [0.4, 0.5) is 0 Å².